The van der Waals surface area contributed by atoms with Crippen LogP contribution in [0.15, 0.2) is 29.2 Å². The molecular formula is C21H26N6S2. The first-order chi connectivity index (χ1) is 14.2. The van der Waals surface area contributed by atoms with Crippen LogP contribution in [-0.2, 0) is 6.54 Å². The summed E-state index contributed by atoms with van der Waals surface area (Å²) in [5, 5.41) is 14.1. The van der Waals surface area contributed by atoms with Gasteiger partial charge in [-0.2, -0.15) is 5.21 Å². The molecular weight excluding hydrogens is 400 g/mol. The predicted octanol–water partition coefficient (Wildman–Crippen LogP) is 4.09. The first-order valence-corrected chi connectivity index (χ1v) is 11.7. The van der Waals surface area contributed by atoms with Crippen LogP contribution in [0.1, 0.15) is 43.5 Å². The second kappa shape index (κ2) is 8.44. The highest BCUT2D eigenvalue weighted by atomic mass is 32.2. The minimum absolute atomic E-state index is 0.593. The topological polar surface area (TPSA) is 60.9 Å². The zero-order chi connectivity index (χ0) is 19.6. The third-order valence-corrected chi connectivity index (χ3v) is 7.87. The largest absolute Gasteiger partial charge is 0.371 e. The quantitative estimate of drug-likeness (QED) is 0.739. The molecule has 8 heteroatoms. The number of nitrogens with zero attached hydrogens (tertiary/aromatic N) is 5. The summed E-state index contributed by atoms with van der Waals surface area (Å²) in [7, 11) is 0. The Labute approximate surface area is 181 Å². The Morgan fingerprint density at radius 3 is 2.76 bits per heavy atom. The van der Waals surface area contributed by atoms with Crippen molar-refractivity contribution in [1.82, 2.24) is 25.5 Å². The van der Waals surface area contributed by atoms with Crippen LogP contribution < -0.4 is 4.90 Å². The lowest BCUT2D eigenvalue weighted by Gasteiger charge is -2.42. The molecule has 1 aromatic heterocycles. The normalized spacial score (nSPS) is 26.2. The lowest BCUT2D eigenvalue weighted by Crippen LogP contribution is -2.41. The average Bonchev–Trinajstić information content (AvgIpc) is 3.38. The lowest BCUT2D eigenvalue weighted by atomic mass is 9.75. The Balaban J connectivity index is 1.22. The number of hydrogen-bond acceptors (Lipinski definition) is 6. The second-order valence-corrected chi connectivity index (χ2v) is 10.1. The third kappa shape index (κ3) is 4.33. The molecule has 3 fully saturated rings. The standard InChI is InChI=1S/C21H26N6S2/c28-21-27(14-20-22-24-25-23-20)13-19(29-21)11-15-5-7-18(8-6-15)26-10-9-16-3-1-2-4-17(16)12-26/h5-8,11,16-17H,1-4,9-10,12-14H2,(H,22,23,24,25). The molecule has 0 bridgehead atoms. The first-order valence-electron chi connectivity index (χ1n) is 10.5. The van der Waals surface area contributed by atoms with Gasteiger partial charge in [-0.15, -0.1) is 10.2 Å². The Morgan fingerprint density at radius 2 is 1.97 bits per heavy atom. The van der Waals surface area contributed by atoms with E-state index in [1.54, 1.807) is 11.8 Å². The molecule has 2 saturated heterocycles. The Kier molecular flexibility index (Phi) is 5.54. The van der Waals surface area contributed by atoms with Crippen LogP contribution in [0, 0.1) is 11.8 Å². The van der Waals surface area contributed by atoms with Crippen LogP contribution in [0.4, 0.5) is 5.69 Å². The number of fused-ring (bicyclic) bond motifs is 1. The summed E-state index contributed by atoms with van der Waals surface area (Å²) >= 11 is 7.17. The van der Waals surface area contributed by atoms with Crippen molar-refractivity contribution in [2.45, 2.75) is 38.6 Å². The van der Waals surface area contributed by atoms with Crippen LogP contribution in [0.2, 0.25) is 0 Å². The highest BCUT2D eigenvalue weighted by Gasteiger charge is 2.31. The molecule has 1 aromatic carbocycles. The van der Waals surface area contributed by atoms with Gasteiger partial charge in [0, 0.05) is 23.7 Å². The number of thiocarbonyl (C=S) groups is 1. The van der Waals surface area contributed by atoms with Crippen molar-refractivity contribution in [3.05, 3.63) is 40.6 Å². The van der Waals surface area contributed by atoms with E-state index in [4.69, 9.17) is 12.2 Å². The van der Waals surface area contributed by atoms with Crippen LogP contribution in [0.25, 0.3) is 6.08 Å². The number of rotatable bonds is 4. The van der Waals surface area contributed by atoms with Gasteiger partial charge in [-0.25, -0.2) is 0 Å². The van der Waals surface area contributed by atoms with Gasteiger partial charge < -0.3 is 9.80 Å². The minimum Gasteiger partial charge on any atom is -0.371 e. The molecule has 2 aromatic rings. The van der Waals surface area contributed by atoms with E-state index in [0.29, 0.717) is 12.4 Å². The fourth-order valence-corrected chi connectivity index (χ4v) is 6.23. The van der Waals surface area contributed by atoms with Gasteiger partial charge in [0.15, 0.2) is 5.82 Å². The molecule has 0 amide bonds. The van der Waals surface area contributed by atoms with E-state index < -0.39 is 0 Å². The molecule has 3 aliphatic rings. The molecule has 3 heterocycles. The molecule has 1 saturated carbocycles. The molecule has 0 spiro atoms. The summed E-state index contributed by atoms with van der Waals surface area (Å²) in [6, 6.07) is 9.04. The summed E-state index contributed by atoms with van der Waals surface area (Å²) < 4.78 is 0.869. The maximum absolute atomic E-state index is 5.51. The maximum Gasteiger partial charge on any atom is 0.193 e. The third-order valence-electron chi connectivity index (χ3n) is 6.42. The van der Waals surface area contributed by atoms with Crippen molar-refractivity contribution in [2.24, 2.45) is 11.8 Å². The summed E-state index contributed by atoms with van der Waals surface area (Å²) in [4.78, 5) is 5.96. The van der Waals surface area contributed by atoms with E-state index in [1.165, 1.54) is 61.3 Å². The molecule has 5 rings (SSSR count). The zero-order valence-corrected chi connectivity index (χ0v) is 18.1. The van der Waals surface area contributed by atoms with Gasteiger partial charge in [0.25, 0.3) is 0 Å². The van der Waals surface area contributed by atoms with E-state index in [1.807, 2.05) is 0 Å². The van der Waals surface area contributed by atoms with E-state index >= 15 is 0 Å². The number of anilines is 1. The fraction of sp³-hybridized carbons (Fsp3) is 0.524. The maximum atomic E-state index is 5.51. The number of H-pyrrole nitrogens is 1. The van der Waals surface area contributed by atoms with Crippen molar-refractivity contribution < 1.29 is 0 Å². The molecule has 29 heavy (non-hydrogen) atoms. The highest BCUT2D eigenvalue weighted by molar-refractivity contribution is 8.25. The van der Waals surface area contributed by atoms with Gasteiger partial charge in [0.2, 0.25) is 0 Å². The number of aromatic amines is 1. The average molecular weight is 427 g/mol. The molecule has 1 N–H and O–H groups in total. The minimum atomic E-state index is 0.593. The van der Waals surface area contributed by atoms with Gasteiger partial charge in [-0.1, -0.05) is 60.6 Å². The smallest absolute Gasteiger partial charge is 0.193 e. The van der Waals surface area contributed by atoms with Crippen molar-refractivity contribution >= 4 is 40.1 Å². The van der Waals surface area contributed by atoms with Gasteiger partial charge in [0.05, 0.1) is 13.1 Å². The van der Waals surface area contributed by atoms with E-state index in [-0.39, 0.29) is 0 Å². The first kappa shape index (κ1) is 19.1. The molecule has 1 aliphatic carbocycles. The molecule has 2 aliphatic heterocycles. The highest BCUT2D eigenvalue weighted by Crippen LogP contribution is 2.38. The van der Waals surface area contributed by atoms with Crippen molar-refractivity contribution in [3.63, 3.8) is 0 Å². The number of nitrogens with one attached hydrogen (secondary N) is 1. The molecule has 6 nitrogen and oxygen atoms in total. The summed E-state index contributed by atoms with van der Waals surface area (Å²) in [5.41, 5.74) is 2.59. The zero-order valence-electron chi connectivity index (χ0n) is 16.5. The van der Waals surface area contributed by atoms with Gasteiger partial charge in [0.1, 0.15) is 4.32 Å². The molecule has 2 unspecified atom stereocenters. The second-order valence-electron chi connectivity index (χ2n) is 8.29. The predicted molar refractivity (Wildman–Crippen MR) is 121 cm³/mol. The van der Waals surface area contributed by atoms with Crippen molar-refractivity contribution in [3.8, 4) is 0 Å². The van der Waals surface area contributed by atoms with Gasteiger partial charge in [-0.05, 0) is 48.4 Å². The van der Waals surface area contributed by atoms with Crippen LogP contribution in [0.3, 0.4) is 0 Å². The van der Waals surface area contributed by atoms with E-state index in [2.05, 4.69) is 60.8 Å². The number of aromatic nitrogens is 4. The van der Waals surface area contributed by atoms with E-state index in [9.17, 15) is 0 Å². The van der Waals surface area contributed by atoms with Gasteiger partial charge in [-0.3, -0.25) is 0 Å². The lowest BCUT2D eigenvalue weighted by molar-refractivity contribution is 0.202. The van der Waals surface area contributed by atoms with Crippen LogP contribution in [0.5, 0.6) is 0 Å². The number of benzene rings is 1. The Morgan fingerprint density at radius 1 is 1.14 bits per heavy atom. The number of thioether (sulfide) groups is 1. The van der Waals surface area contributed by atoms with Crippen molar-refractivity contribution in [1.29, 1.82) is 0 Å². The van der Waals surface area contributed by atoms with Crippen LogP contribution in [-0.4, -0.2) is 49.5 Å². The monoisotopic (exact) mass is 426 g/mol. The fourth-order valence-electron chi connectivity index (χ4n) is 4.88. The number of piperidine rings is 1. The Bertz CT molecular complexity index is 879. The summed E-state index contributed by atoms with van der Waals surface area (Å²) in [5.74, 6) is 2.54. The molecule has 152 valence electrons. The van der Waals surface area contributed by atoms with Gasteiger partial charge >= 0.3 is 0 Å². The SMILES string of the molecule is S=C1SC(=Cc2ccc(N3CCC4CCCCC4C3)cc2)CN1Cc1nn[nH]n1. The molecule has 2 atom stereocenters. The number of hydrogen-bond donors (Lipinski definition) is 1. The van der Waals surface area contributed by atoms with Crippen LogP contribution >= 0.6 is 24.0 Å². The summed E-state index contributed by atoms with van der Waals surface area (Å²) in [6.45, 7) is 3.84. The number of tetrazole rings is 1. The van der Waals surface area contributed by atoms with Crippen molar-refractivity contribution in [2.75, 3.05) is 24.5 Å². The van der Waals surface area contributed by atoms with E-state index in [0.717, 1.165) is 22.7 Å². The Hall–Kier alpha value is -1.93. The molecule has 0 radical (unpaired) electrons. The summed E-state index contributed by atoms with van der Waals surface area (Å²) in [6.07, 6.45) is 9.34.